The minimum absolute atomic E-state index is 0.237. The lowest BCUT2D eigenvalue weighted by Crippen LogP contribution is -2.27. The fraction of sp³-hybridized carbons (Fsp3) is 0.278. The molecule has 0 radical (unpaired) electrons. The molecule has 0 aromatic heterocycles. The first-order valence-corrected chi connectivity index (χ1v) is 7.25. The third kappa shape index (κ3) is 3.84. The van der Waals surface area contributed by atoms with Crippen LogP contribution >= 0.6 is 0 Å². The van der Waals surface area contributed by atoms with E-state index in [0.29, 0.717) is 0 Å². The molecule has 0 heterocycles. The van der Waals surface area contributed by atoms with Crippen molar-refractivity contribution in [1.29, 1.82) is 5.26 Å². The number of para-hydroxylation sites is 1. The molecule has 0 aliphatic carbocycles. The number of nitriles is 1. The van der Waals surface area contributed by atoms with Crippen molar-refractivity contribution in [3.8, 4) is 17.6 Å². The standard InChI is InChI=1S/C18H20N2O/c1-3-20(4-2)18(14-19)15-9-8-12-17(13-15)21-16-10-6-5-7-11-16/h5-13,18H,3-4H2,1-2H3. The Labute approximate surface area is 126 Å². The van der Waals surface area contributed by atoms with Crippen LogP contribution in [0.2, 0.25) is 0 Å². The van der Waals surface area contributed by atoms with Gasteiger partial charge in [0.05, 0.1) is 6.07 Å². The van der Waals surface area contributed by atoms with E-state index in [1.54, 1.807) is 0 Å². The molecule has 2 rings (SSSR count). The molecule has 0 aliphatic rings. The molecular formula is C18H20N2O. The van der Waals surface area contributed by atoms with Gasteiger partial charge < -0.3 is 4.74 Å². The largest absolute Gasteiger partial charge is 0.457 e. The Morgan fingerprint density at radius 3 is 2.29 bits per heavy atom. The summed E-state index contributed by atoms with van der Waals surface area (Å²) in [5.74, 6) is 1.55. The molecule has 2 aromatic rings. The summed E-state index contributed by atoms with van der Waals surface area (Å²) in [6, 6.07) is 19.6. The second-order valence-electron chi connectivity index (χ2n) is 4.74. The maximum atomic E-state index is 9.46. The summed E-state index contributed by atoms with van der Waals surface area (Å²) in [5, 5.41) is 9.46. The zero-order chi connectivity index (χ0) is 15.1. The van der Waals surface area contributed by atoms with Crippen LogP contribution in [-0.4, -0.2) is 18.0 Å². The van der Waals surface area contributed by atoms with Crippen molar-refractivity contribution in [1.82, 2.24) is 4.90 Å². The SMILES string of the molecule is CCN(CC)C(C#N)c1cccc(Oc2ccccc2)c1. The van der Waals surface area contributed by atoms with Crippen molar-refractivity contribution in [2.24, 2.45) is 0 Å². The van der Waals surface area contributed by atoms with Crippen molar-refractivity contribution < 1.29 is 4.74 Å². The predicted molar refractivity (Wildman–Crippen MR) is 84.2 cm³/mol. The molecule has 3 nitrogen and oxygen atoms in total. The molecule has 0 N–H and O–H groups in total. The van der Waals surface area contributed by atoms with Crippen LogP contribution in [0.3, 0.4) is 0 Å². The summed E-state index contributed by atoms with van der Waals surface area (Å²) < 4.78 is 5.83. The fourth-order valence-corrected chi connectivity index (χ4v) is 2.33. The Balaban J connectivity index is 2.22. The number of hydrogen-bond acceptors (Lipinski definition) is 3. The van der Waals surface area contributed by atoms with Gasteiger partial charge in [0, 0.05) is 0 Å². The predicted octanol–water partition coefficient (Wildman–Crippen LogP) is 4.39. The van der Waals surface area contributed by atoms with Crippen LogP contribution in [0.1, 0.15) is 25.5 Å². The number of hydrogen-bond donors (Lipinski definition) is 0. The van der Waals surface area contributed by atoms with Gasteiger partial charge in [-0.1, -0.05) is 44.2 Å². The normalized spacial score (nSPS) is 11.9. The van der Waals surface area contributed by atoms with Gasteiger partial charge in [0.15, 0.2) is 0 Å². The minimum Gasteiger partial charge on any atom is -0.457 e. The molecule has 1 atom stereocenters. The Morgan fingerprint density at radius 2 is 1.67 bits per heavy atom. The van der Waals surface area contributed by atoms with E-state index in [1.165, 1.54) is 0 Å². The van der Waals surface area contributed by atoms with E-state index in [-0.39, 0.29) is 6.04 Å². The van der Waals surface area contributed by atoms with Gasteiger partial charge in [0.25, 0.3) is 0 Å². The van der Waals surface area contributed by atoms with E-state index in [1.807, 2.05) is 54.6 Å². The lowest BCUT2D eigenvalue weighted by Gasteiger charge is -2.24. The van der Waals surface area contributed by atoms with Gasteiger partial charge in [0.1, 0.15) is 17.5 Å². The van der Waals surface area contributed by atoms with Gasteiger partial charge in [-0.2, -0.15) is 5.26 Å². The van der Waals surface area contributed by atoms with Crippen LogP contribution in [0.25, 0.3) is 0 Å². The molecule has 0 amide bonds. The van der Waals surface area contributed by atoms with Crippen LogP contribution in [0, 0.1) is 11.3 Å². The Kier molecular flexibility index (Phi) is 5.36. The fourth-order valence-electron chi connectivity index (χ4n) is 2.33. The van der Waals surface area contributed by atoms with E-state index in [4.69, 9.17) is 4.74 Å². The van der Waals surface area contributed by atoms with Crippen molar-refractivity contribution in [3.63, 3.8) is 0 Å². The van der Waals surface area contributed by atoms with Crippen LogP contribution < -0.4 is 4.74 Å². The van der Waals surface area contributed by atoms with E-state index in [2.05, 4.69) is 24.8 Å². The molecule has 0 spiro atoms. The average molecular weight is 280 g/mol. The molecule has 0 fully saturated rings. The highest BCUT2D eigenvalue weighted by Gasteiger charge is 2.17. The van der Waals surface area contributed by atoms with Crippen molar-refractivity contribution in [2.45, 2.75) is 19.9 Å². The summed E-state index contributed by atoms with van der Waals surface area (Å²) in [6.45, 7) is 5.83. The number of ether oxygens (including phenoxy) is 1. The van der Waals surface area contributed by atoms with E-state index >= 15 is 0 Å². The lowest BCUT2D eigenvalue weighted by atomic mass is 10.1. The molecular weight excluding hydrogens is 260 g/mol. The quantitative estimate of drug-likeness (QED) is 0.787. The van der Waals surface area contributed by atoms with Crippen molar-refractivity contribution in [3.05, 3.63) is 60.2 Å². The first-order chi connectivity index (χ1) is 10.3. The highest BCUT2D eigenvalue weighted by Crippen LogP contribution is 2.26. The van der Waals surface area contributed by atoms with E-state index in [9.17, 15) is 5.26 Å². The molecule has 0 aliphatic heterocycles. The molecule has 21 heavy (non-hydrogen) atoms. The second-order valence-corrected chi connectivity index (χ2v) is 4.74. The number of rotatable bonds is 6. The molecule has 3 heteroatoms. The van der Waals surface area contributed by atoms with Gasteiger partial charge in [-0.25, -0.2) is 0 Å². The maximum absolute atomic E-state index is 9.46. The van der Waals surface area contributed by atoms with E-state index < -0.39 is 0 Å². The highest BCUT2D eigenvalue weighted by molar-refractivity contribution is 5.36. The lowest BCUT2D eigenvalue weighted by molar-refractivity contribution is 0.262. The molecule has 0 saturated heterocycles. The van der Waals surface area contributed by atoms with Crippen LogP contribution in [-0.2, 0) is 0 Å². The van der Waals surface area contributed by atoms with Crippen LogP contribution in [0.5, 0.6) is 11.5 Å². The third-order valence-corrected chi connectivity index (χ3v) is 3.45. The van der Waals surface area contributed by atoms with Crippen LogP contribution in [0.4, 0.5) is 0 Å². The summed E-state index contributed by atoms with van der Waals surface area (Å²) in [5.41, 5.74) is 0.967. The average Bonchev–Trinajstić information content (AvgIpc) is 2.53. The highest BCUT2D eigenvalue weighted by atomic mass is 16.5. The number of benzene rings is 2. The van der Waals surface area contributed by atoms with Gasteiger partial charge in [-0.15, -0.1) is 0 Å². The summed E-state index contributed by atoms with van der Waals surface area (Å²) in [6.07, 6.45) is 0. The first kappa shape index (κ1) is 15.1. The Morgan fingerprint density at radius 1 is 1.00 bits per heavy atom. The molecule has 0 bridgehead atoms. The first-order valence-electron chi connectivity index (χ1n) is 7.25. The summed E-state index contributed by atoms with van der Waals surface area (Å²) in [4.78, 5) is 2.13. The van der Waals surface area contributed by atoms with Gasteiger partial charge >= 0.3 is 0 Å². The summed E-state index contributed by atoms with van der Waals surface area (Å²) in [7, 11) is 0. The van der Waals surface area contributed by atoms with Crippen molar-refractivity contribution in [2.75, 3.05) is 13.1 Å². The zero-order valence-electron chi connectivity index (χ0n) is 12.5. The summed E-state index contributed by atoms with van der Waals surface area (Å²) >= 11 is 0. The molecule has 0 saturated carbocycles. The zero-order valence-corrected chi connectivity index (χ0v) is 12.5. The second kappa shape index (κ2) is 7.47. The molecule has 2 aromatic carbocycles. The topological polar surface area (TPSA) is 36.3 Å². The molecule has 1 unspecified atom stereocenters. The maximum Gasteiger partial charge on any atom is 0.127 e. The Bertz CT molecular complexity index is 600. The third-order valence-electron chi connectivity index (χ3n) is 3.45. The smallest absolute Gasteiger partial charge is 0.127 e. The Hall–Kier alpha value is -2.31. The van der Waals surface area contributed by atoms with Crippen molar-refractivity contribution >= 4 is 0 Å². The van der Waals surface area contributed by atoms with Crippen LogP contribution in [0.15, 0.2) is 54.6 Å². The van der Waals surface area contributed by atoms with Gasteiger partial charge in [-0.05, 0) is 42.9 Å². The minimum atomic E-state index is -0.237. The monoisotopic (exact) mass is 280 g/mol. The van der Waals surface area contributed by atoms with Gasteiger partial charge in [-0.3, -0.25) is 4.90 Å². The van der Waals surface area contributed by atoms with E-state index in [0.717, 1.165) is 30.2 Å². The van der Waals surface area contributed by atoms with Gasteiger partial charge in [0.2, 0.25) is 0 Å². The molecule has 108 valence electrons. The number of nitrogens with zero attached hydrogens (tertiary/aromatic N) is 2.